The van der Waals surface area contributed by atoms with E-state index in [4.69, 9.17) is 27.9 Å². The van der Waals surface area contributed by atoms with Crippen LogP contribution in [0, 0.1) is 0 Å². The van der Waals surface area contributed by atoms with Gasteiger partial charge in [0.2, 0.25) is 0 Å². The average Bonchev–Trinajstić information content (AvgIpc) is 2.79. The number of halogens is 4. The third kappa shape index (κ3) is 7.09. The molecular formula is C25H24Br2Cl2N2O4. The number of imide groups is 2. The number of nitrogens with zero attached hydrogens (tertiary/aromatic N) is 1. The zero-order valence-corrected chi connectivity index (χ0v) is 23.7. The standard InChI is InChI=1S/C25H24Br2Cl2N2O4/c1-2-3-4-5-6-7-10-35-22-18(26)12-15(13-19(22)27)11-17-23(32)30-25(34)31(24(17)33)16-8-9-20(28)21(29)14-16/h8-9,11-14H,2-7,10H2,1H3,(H,30,32,34)/b17-11-. The van der Waals surface area contributed by atoms with Crippen LogP contribution in [0.5, 0.6) is 5.75 Å². The maximum absolute atomic E-state index is 13.1. The Kier molecular flexibility index (Phi) is 10.2. The lowest BCUT2D eigenvalue weighted by Crippen LogP contribution is -2.54. The Morgan fingerprint density at radius 3 is 2.26 bits per heavy atom. The van der Waals surface area contributed by atoms with Crippen LogP contribution in [0.15, 0.2) is 44.9 Å². The van der Waals surface area contributed by atoms with Gasteiger partial charge in [0.15, 0.2) is 0 Å². The number of urea groups is 1. The summed E-state index contributed by atoms with van der Waals surface area (Å²) in [4.78, 5) is 38.8. The van der Waals surface area contributed by atoms with Crippen molar-refractivity contribution in [2.75, 3.05) is 11.5 Å². The number of barbiturate groups is 1. The van der Waals surface area contributed by atoms with Gasteiger partial charge < -0.3 is 4.74 Å². The van der Waals surface area contributed by atoms with Gasteiger partial charge in [0.05, 0.1) is 31.3 Å². The molecular weight excluding hydrogens is 623 g/mol. The molecule has 186 valence electrons. The van der Waals surface area contributed by atoms with Crippen LogP contribution in [-0.4, -0.2) is 24.5 Å². The lowest BCUT2D eigenvalue weighted by atomic mass is 10.1. The molecule has 0 aliphatic carbocycles. The van der Waals surface area contributed by atoms with Gasteiger partial charge in [-0.3, -0.25) is 14.9 Å². The van der Waals surface area contributed by atoms with Crippen LogP contribution in [-0.2, 0) is 9.59 Å². The first kappa shape index (κ1) is 27.7. The van der Waals surface area contributed by atoms with E-state index in [2.05, 4.69) is 44.1 Å². The molecule has 10 heteroatoms. The fourth-order valence-electron chi connectivity index (χ4n) is 3.54. The highest BCUT2D eigenvalue weighted by atomic mass is 79.9. The van der Waals surface area contributed by atoms with Crippen LogP contribution in [0.4, 0.5) is 10.5 Å². The molecule has 1 aliphatic heterocycles. The van der Waals surface area contributed by atoms with Crippen LogP contribution in [0.25, 0.3) is 6.08 Å². The minimum atomic E-state index is -0.864. The Labute approximate surface area is 231 Å². The van der Waals surface area contributed by atoms with E-state index in [1.165, 1.54) is 50.0 Å². The monoisotopic (exact) mass is 644 g/mol. The molecule has 1 saturated heterocycles. The number of carbonyl (C=O) groups is 3. The highest BCUT2D eigenvalue weighted by molar-refractivity contribution is 9.11. The number of amides is 4. The van der Waals surface area contributed by atoms with Gasteiger partial charge >= 0.3 is 6.03 Å². The molecule has 2 aromatic carbocycles. The summed E-state index contributed by atoms with van der Waals surface area (Å²) >= 11 is 19.0. The SMILES string of the molecule is CCCCCCCCOc1c(Br)cc(/C=C2/C(=O)NC(=O)N(c3ccc(Cl)c(Cl)c3)C2=O)cc1Br. The number of unbranched alkanes of at least 4 members (excludes halogenated alkanes) is 5. The summed E-state index contributed by atoms with van der Waals surface area (Å²) in [5.74, 6) is -0.910. The van der Waals surface area contributed by atoms with Crippen molar-refractivity contribution in [1.29, 1.82) is 0 Å². The van der Waals surface area contributed by atoms with Gasteiger partial charge in [0.1, 0.15) is 11.3 Å². The van der Waals surface area contributed by atoms with Crippen molar-refractivity contribution < 1.29 is 19.1 Å². The minimum absolute atomic E-state index is 0.177. The van der Waals surface area contributed by atoms with Crippen LogP contribution in [0.3, 0.4) is 0 Å². The maximum atomic E-state index is 13.1. The molecule has 0 saturated carbocycles. The quantitative estimate of drug-likeness (QED) is 0.162. The van der Waals surface area contributed by atoms with Crippen molar-refractivity contribution in [3.8, 4) is 5.75 Å². The number of hydrogen-bond acceptors (Lipinski definition) is 4. The van der Waals surface area contributed by atoms with Crippen molar-refractivity contribution in [2.45, 2.75) is 45.4 Å². The molecule has 1 heterocycles. The lowest BCUT2D eigenvalue weighted by Gasteiger charge is -2.26. The zero-order chi connectivity index (χ0) is 25.5. The molecule has 0 bridgehead atoms. The summed E-state index contributed by atoms with van der Waals surface area (Å²) in [7, 11) is 0. The fraction of sp³-hybridized carbons (Fsp3) is 0.320. The Hall–Kier alpha value is -1.87. The van der Waals surface area contributed by atoms with Crippen LogP contribution in [0.2, 0.25) is 10.0 Å². The largest absolute Gasteiger partial charge is 0.491 e. The van der Waals surface area contributed by atoms with E-state index in [0.29, 0.717) is 26.9 Å². The van der Waals surface area contributed by atoms with Crippen LogP contribution < -0.4 is 15.0 Å². The Morgan fingerprint density at radius 1 is 0.943 bits per heavy atom. The fourth-order valence-corrected chi connectivity index (χ4v) is 5.28. The van der Waals surface area contributed by atoms with Gasteiger partial charge in [0.25, 0.3) is 11.8 Å². The Bertz CT molecular complexity index is 1150. The first-order chi connectivity index (χ1) is 16.7. The van der Waals surface area contributed by atoms with Crippen molar-refractivity contribution in [1.82, 2.24) is 5.32 Å². The van der Waals surface area contributed by atoms with E-state index in [9.17, 15) is 14.4 Å². The minimum Gasteiger partial charge on any atom is -0.491 e. The maximum Gasteiger partial charge on any atom is 0.335 e. The number of ether oxygens (including phenoxy) is 1. The second-order valence-corrected chi connectivity index (χ2v) is 10.5. The van der Waals surface area contributed by atoms with Crippen molar-refractivity contribution >= 4 is 84.7 Å². The van der Waals surface area contributed by atoms with Crippen LogP contribution >= 0.6 is 55.1 Å². The summed E-state index contributed by atoms with van der Waals surface area (Å²) in [5, 5.41) is 2.65. The van der Waals surface area contributed by atoms with Gasteiger partial charge in [0, 0.05) is 0 Å². The number of hydrogen-bond donors (Lipinski definition) is 1. The van der Waals surface area contributed by atoms with E-state index >= 15 is 0 Å². The summed E-state index contributed by atoms with van der Waals surface area (Å²) in [5.41, 5.74) is 0.564. The van der Waals surface area contributed by atoms with E-state index in [-0.39, 0.29) is 21.3 Å². The molecule has 1 fully saturated rings. The van der Waals surface area contributed by atoms with Gasteiger partial charge in [-0.1, -0.05) is 62.2 Å². The molecule has 35 heavy (non-hydrogen) atoms. The van der Waals surface area contributed by atoms with E-state index in [1.54, 1.807) is 12.1 Å². The van der Waals surface area contributed by atoms with Crippen molar-refractivity contribution in [3.05, 3.63) is 60.5 Å². The van der Waals surface area contributed by atoms with Gasteiger partial charge in [-0.15, -0.1) is 0 Å². The molecule has 1 N–H and O–H groups in total. The molecule has 0 radical (unpaired) electrons. The topological polar surface area (TPSA) is 75.7 Å². The molecule has 3 rings (SSSR count). The van der Waals surface area contributed by atoms with Crippen molar-refractivity contribution in [3.63, 3.8) is 0 Å². The number of anilines is 1. The predicted octanol–water partition coefficient (Wildman–Crippen LogP) is 7.92. The van der Waals surface area contributed by atoms with E-state index in [1.807, 2.05) is 0 Å². The average molecular weight is 647 g/mol. The lowest BCUT2D eigenvalue weighted by molar-refractivity contribution is -0.122. The predicted molar refractivity (Wildman–Crippen MR) is 146 cm³/mol. The summed E-state index contributed by atoms with van der Waals surface area (Å²) in [6.45, 7) is 2.78. The third-order valence-electron chi connectivity index (χ3n) is 5.34. The smallest absolute Gasteiger partial charge is 0.335 e. The second-order valence-electron chi connectivity index (χ2n) is 7.99. The molecule has 2 aromatic rings. The molecule has 0 aromatic heterocycles. The number of carbonyl (C=O) groups excluding carboxylic acids is 3. The van der Waals surface area contributed by atoms with Gasteiger partial charge in [-0.25, -0.2) is 9.69 Å². The highest BCUT2D eigenvalue weighted by Crippen LogP contribution is 2.36. The molecule has 6 nitrogen and oxygen atoms in total. The number of rotatable bonds is 10. The van der Waals surface area contributed by atoms with E-state index < -0.39 is 17.8 Å². The van der Waals surface area contributed by atoms with Crippen molar-refractivity contribution in [2.24, 2.45) is 0 Å². The van der Waals surface area contributed by atoms with Gasteiger partial charge in [-0.05, 0) is 80.3 Å². The molecule has 0 unspecified atom stereocenters. The Balaban J connectivity index is 1.77. The Morgan fingerprint density at radius 2 is 1.60 bits per heavy atom. The number of nitrogens with one attached hydrogen (secondary N) is 1. The second kappa shape index (κ2) is 12.9. The third-order valence-corrected chi connectivity index (χ3v) is 7.26. The summed E-state index contributed by atoms with van der Waals surface area (Å²) in [6.07, 6.45) is 8.41. The first-order valence-corrected chi connectivity index (χ1v) is 13.6. The number of benzene rings is 2. The molecule has 4 amide bonds. The highest BCUT2D eigenvalue weighted by Gasteiger charge is 2.37. The van der Waals surface area contributed by atoms with E-state index in [0.717, 1.165) is 17.7 Å². The molecule has 0 spiro atoms. The normalized spacial score (nSPS) is 15.1. The van der Waals surface area contributed by atoms with Crippen LogP contribution in [0.1, 0.15) is 51.0 Å². The first-order valence-electron chi connectivity index (χ1n) is 11.2. The molecule has 0 atom stereocenters. The zero-order valence-electron chi connectivity index (χ0n) is 19.0. The molecule has 1 aliphatic rings. The summed E-state index contributed by atoms with van der Waals surface area (Å²) in [6, 6.07) is 6.96. The summed E-state index contributed by atoms with van der Waals surface area (Å²) < 4.78 is 7.28. The van der Waals surface area contributed by atoms with Gasteiger partial charge in [-0.2, -0.15) is 0 Å².